The number of benzene rings is 1. The van der Waals surface area contributed by atoms with Gasteiger partial charge in [0.2, 0.25) is 0 Å². The van der Waals surface area contributed by atoms with Crippen LogP contribution in [0.5, 0.6) is 5.75 Å². The SMILES string of the molecule is NCC[C@@H](N)c1cc(Cl)cc(Cl)c1O. The molecule has 0 aliphatic carbocycles. The molecule has 0 aliphatic rings. The standard InChI is InChI=1S/C9H12Cl2N2O/c10-5-3-6(8(13)1-2-12)9(14)7(11)4-5/h3-4,8,14H,1-2,12-13H2/t8-/m1/s1. The van der Waals surface area contributed by atoms with Crippen LogP contribution < -0.4 is 11.5 Å². The number of hydrogen-bond donors (Lipinski definition) is 3. The zero-order chi connectivity index (χ0) is 10.7. The molecular weight excluding hydrogens is 223 g/mol. The number of rotatable bonds is 3. The topological polar surface area (TPSA) is 72.3 Å². The maximum Gasteiger partial charge on any atom is 0.139 e. The van der Waals surface area contributed by atoms with Crippen LogP contribution in [0.3, 0.4) is 0 Å². The average Bonchev–Trinajstić information content (AvgIpc) is 2.11. The fourth-order valence-electron chi connectivity index (χ4n) is 1.20. The summed E-state index contributed by atoms with van der Waals surface area (Å²) in [6, 6.07) is 2.73. The number of aromatic hydroxyl groups is 1. The summed E-state index contributed by atoms with van der Waals surface area (Å²) in [5.74, 6) is -0.0167. The van der Waals surface area contributed by atoms with Gasteiger partial charge < -0.3 is 16.6 Å². The number of phenols is 1. The quantitative estimate of drug-likeness (QED) is 0.750. The first-order chi connectivity index (χ1) is 6.56. The molecular formula is C9H12Cl2N2O. The van der Waals surface area contributed by atoms with Gasteiger partial charge in [-0.25, -0.2) is 0 Å². The van der Waals surface area contributed by atoms with Gasteiger partial charge >= 0.3 is 0 Å². The van der Waals surface area contributed by atoms with E-state index in [1.807, 2.05) is 0 Å². The highest BCUT2D eigenvalue weighted by Gasteiger charge is 2.13. The number of halogens is 2. The molecule has 0 aromatic heterocycles. The second kappa shape index (κ2) is 4.84. The number of nitrogens with two attached hydrogens (primary N) is 2. The minimum atomic E-state index is -0.337. The molecule has 0 radical (unpaired) electrons. The van der Waals surface area contributed by atoms with E-state index < -0.39 is 0 Å². The highest BCUT2D eigenvalue weighted by atomic mass is 35.5. The summed E-state index contributed by atoms with van der Waals surface area (Å²) < 4.78 is 0. The second-order valence-electron chi connectivity index (χ2n) is 3.01. The van der Waals surface area contributed by atoms with Gasteiger partial charge in [0.1, 0.15) is 5.75 Å². The van der Waals surface area contributed by atoms with Crippen LogP contribution in [0.1, 0.15) is 18.0 Å². The molecule has 0 heterocycles. The van der Waals surface area contributed by atoms with Crippen LogP contribution >= 0.6 is 23.2 Å². The lowest BCUT2D eigenvalue weighted by Gasteiger charge is -2.13. The maximum absolute atomic E-state index is 9.61. The lowest BCUT2D eigenvalue weighted by Crippen LogP contribution is -2.15. The van der Waals surface area contributed by atoms with E-state index in [1.54, 1.807) is 6.07 Å². The Morgan fingerprint density at radius 1 is 1.36 bits per heavy atom. The molecule has 0 fully saturated rings. The van der Waals surface area contributed by atoms with E-state index in [4.69, 9.17) is 34.7 Å². The van der Waals surface area contributed by atoms with Crippen molar-refractivity contribution in [1.82, 2.24) is 0 Å². The summed E-state index contributed by atoms with van der Waals surface area (Å²) in [5, 5.41) is 10.3. The molecule has 78 valence electrons. The summed E-state index contributed by atoms with van der Waals surface area (Å²) in [4.78, 5) is 0. The highest BCUT2D eigenvalue weighted by Crippen LogP contribution is 2.34. The molecule has 0 spiro atoms. The average molecular weight is 235 g/mol. The summed E-state index contributed by atoms with van der Waals surface area (Å²) in [6.07, 6.45) is 0.574. The van der Waals surface area contributed by atoms with Crippen molar-refractivity contribution in [1.29, 1.82) is 0 Å². The zero-order valence-electron chi connectivity index (χ0n) is 7.50. The first-order valence-corrected chi connectivity index (χ1v) is 4.95. The first kappa shape index (κ1) is 11.6. The van der Waals surface area contributed by atoms with Gasteiger partial charge in [-0.05, 0) is 25.1 Å². The summed E-state index contributed by atoms with van der Waals surface area (Å²) in [5.41, 5.74) is 11.7. The van der Waals surface area contributed by atoms with Crippen LogP contribution in [-0.4, -0.2) is 11.7 Å². The van der Waals surface area contributed by atoms with Gasteiger partial charge in [0.25, 0.3) is 0 Å². The molecule has 1 aromatic carbocycles. The van der Waals surface area contributed by atoms with E-state index in [0.29, 0.717) is 23.6 Å². The minimum absolute atomic E-state index is 0.0167. The second-order valence-corrected chi connectivity index (χ2v) is 3.85. The predicted molar refractivity (Wildman–Crippen MR) is 58.7 cm³/mol. The van der Waals surface area contributed by atoms with Crippen LogP contribution in [0.4, 0.5) is 0 Å². The lowest BCUT2D eigenvalue weighted by atomic mass is 10.0. The van der Waals surface area contributed by atoms with E-state index in [0.717, 1.165) is 0 Å². The Morgan fingerprint density at radius 2 is 2.00 bits per heavy atom. The fourth-order valence-corrected chi connectivity index (χ4v) is 1.71. The van der Waals surface area contributed by atoms with Gasteiger partial charge in [0, 0.05) is 16.6 Å². The van der Waals surface area contributed by atoms with Crippen molar-refractivity contribution in [2.24, 2.45) is 11.5 Å². The minimum Gasteiger partial charge on any atom is -0.506 e. The van der Waals surface area contributed by atoms with Crippen molar-refractivity contribution in [2.75, 3.05) is 6.54 Å². The monoisotopic (exact) mass is 234 g/mol. The molecule has 5 N–H and O–H groups in total. The van der Waals surface area contributed by atoms with Gasteiger partial charge in [0.05, 0.1) is 5.02 Å². The molecule has 5 heteroatoms. The summed E-state index contributed by atoms with van der Waals surface area (Å²) >= 11 is 11.5. The van der Waals surface area contributed by atoms with Crippen molar-refractivity contribution in [3.05, 3.63) is 27.7 Å². The molecule has 0 saturated heterocycles. The summed E-state index contributed by atoms with van der Waals surface area (Å²) in [7, 11) is 0. The Morgan fingerprint density at radius 3 is 2.57 bits per heavy atom. The zero-order valence-corrected chi connectivity index (χ0v) is 9.02. The van der Waals surface area contributed by atoms with Crippen LogP contribution in [0.2, 0.25) is 10.0 Å². The van der Waals surface area contributed by atoms with Crippen LogP contribution in [-0.2, 0) is 0 Å². The van der Waals surface area contributed by atoms with E-state index in [1.165, 1.54) is 6.07 Å². The van der Waals surface area contributed by atoms with Gasteiger partial charge in [-0.3, -0.25) is 0 Å². The number of phenolic OH excluding ortho intramolecular Hbond substituents is 1. The van der Waals surface area contributed by atoms with Gasteiger partial charge in [-0.2, -0.15) is 0 Å². The van der Waals surface area contributed by atoms with Crippen LogP contribution in [0, 0.1) is 0 Å². The van der Waals surface area contributed by atoms with Crippen molar-refractivity contribution in [3.63, 3.8) is 0 Å². The molecule has 14 heavy (non-hydrogen) atoms. The molecule has 0 unspecified atom stereocenters. The van der Waals surface area contributed by atoms with Crippen LogP contribution in [0.15, 0.2) is 12.1 Å². The van der Waals surface area contributed by atoms with E-state index in [-0.39, 0.29) is 16.8 Å². The number of hydrogen-bond acceptors (Lipinski definition) is 3. The Balaban J connectivity index is 3.07. The Kier molecular flexibility index (Phi) is 4.01. The Bertz CT molecular complexity index is 331. The first-order valence-electron chi connectivity index (χ1n) is 4.19. The largest absolute Gasteiger partial charge is 0.506 e. The van der Waals surface area contributed by atoms with E-state index in [9.17, 15) is 5.11 Å². The smallest absolute Gasteiger partial charge is 0.139 e. The third-order valence-corrected chi connectivity index (χ3v) is 2.44. The Labute approximate surface area is 92.6 Å². The normalized spacial score (nSPS) is 12.9. The van der Waals surface area contributed by atoms with Gasteiger partial charge in [-0.15, -0.1) is 0 Å². The van der Waals surface area contributed by atoms with Crippen LogP contribution in [0.25, 0.3) is 0 Å². The van der Waals surface area contributed by atoms with E-state index >= 15 is 0 Å². The maximum atomic E-state index is 9.61. The lowest BCUT2D eigenvalue weighted by molar-refractivity contribution is 0.459. The molecule has 0 aliphatic heterocycles. The van der Waals surface area contributed by atoms with Crippen molar-refractivity contribution in [2.45, 2.75) is 12.5 Å². The highest BCUT2D eigenvalue weighted by molar-refractivity contribution is 6.35. The third-order valence-electron chi connectivity index (χ3n) is 1.93. The Hall–Kier alpha value is -0.480. The van der Waals surface area contributed by atoms with E-state index in [2.05, 4.69) is 0 Å². The van der Waals surface area contributed by atoms with Crippen molar-refractivity contribution in [3.8, 4) is 5.75 Å². The molecule has 0 saturated carbocycles. The molecule has 1 aromatic rings. The van der Waals surface area contributed by atoms with Crippen molar-refractivity contribution >= 4 is 23.2 Å². The van der Waals surface area contributed by atoms with Gasteiger partial charge in [0.15, 0.2) is 0 Å². The summed E-state index contributed by atoms with van der Waals surface area (Å²) in [6.45, 7) is 0.449. The van der Waals surface area contributed by atoms with Gasteiger partial charge in [-0.1, -0.05) is 23.2 Å². The molecule has 3 nitrogen and oxygen atoms in total. The fraction of sp³-hybridized carbons (Fsp3) is 0.333. The van der Waals surface area contributed by atoms with Crippen molar-refractivity contribution < 1.29 is 5.11 Å². The third kappa shape index (κ3) is 2.51. The molecule has 0 amide bonds. The molecule has 1 rings (SSSR count). The molecule has 0 bridgehead atoms. The molecule has 1 atom stereocenters. The predicted octanol–water partition coefficient (Wildman–Crippen LogP) is 2.05.